The number of aryl methyl sites for hydroxylation is 2. The van der Waals surface area contributed by atoms with Gasteiger partial charge in [0.1, 0.15) is 0 Å². The molecule has 0 saturated carbocycles. The van der Waals surface area contributed by atoms with Gasteiger partial charge in [0.2, 0.25) is 0 Å². The first kappa shape index (κ1) is 20.2. The van der Waals surface area contributed by atoms with Crippen molar-refractivity contribution in [2.24, 2.45) is 0 Å². The van der Waals surface area contributed by atoms with Crippen molar-refractivity contribution < 1.29 is 0 Å². The minimum atomic E-state index is -0.317. The summed E-state index contributed by atoms with van der Waals surface area (Å²) in [4.78, 5) is 2.34. The highest BCUT2D eigenvalue weighted by molar-refractivity contribution is 5.87. The Morgan fingerprint density at radius 1 is 0.625 bits per heavy atom. The van der Waals surface area contributed by atoms with Gasteiger partial charge in [0.05, 0.1) is 5.41 Å². The van der Waals surface area contributed by atoms with Crippen LogP contribution in [-0.2, 0) is 5.41 Å². The molecule has 1 atom stereocenters. The molecular formula is C31H27N. The van der Waals surface area contributed by atoms with E-state index in [1.165, 1.54) is 33.4 Å². The molecular weight excluding hydrogens is 386 g/mol. The predicted molar refractivity (Wildman–Crippen MR) is 136 cm³/mol. The van der Waals surface area contributed by atoms with E-state index in [0.717, 1.165) is 17.1 Å². The summed E-state index contributed by atoms with van der Waals surface area (Å²) >= 11 is 0. The molecule has 5 rings (SSSR count). The largest absolute Gasteiger partial charge is 0.310 e. The van der Waals surface area contributed by atoms with Gasteiger partial charge in [-0.1, -0.05) is 71.6 Å². The number of benzene rings is 4. The molecule has 0 radical (unpaired) electrons. The highest BCUT2D eigenvalue weighted by atomic mass is 15.1. The molecule has 0 spiro atoms. The van der Waals surface area contributed by atoms with Gasteiger partial charge in [-0.05, 0) is 86.3 Å². The molecule has 156 valence electrons. The Bertz CT molecular complexity index is 1300. The van der Waals surface area contributed by atoms with Gasteiger partial charge in [-0.15, -0.1) is 5.92 Å². The van der Waals surface area contributed by atoms with E-state index in [4.69, 9.17) is 0 Å². The number of anilines is 3. The van der Waals surface area contributed by atoms with Crippen LogP contribution in [0.3, 0.4) is 0 Å². The SMILES string of the molecule is CC#CC1(C)c2ccccc2-c2ccc(N(c3ccc(C)cc3)c3ccc(C)cc3)cc21. The summed E-state index contributed by atoms with van der Waals surface area (Å²) in [6.07, 6.45) is 0. The van der Waals surface area contributed by atoms with Crippen molar-refractivity contribution in [3.8, 4) is 23.0 Å². The predicted octanol–water partition coefficient (Wildman–Crippen LogP) is 8.08. The van der Waals surface area contributed by atoms with Crippen molar-refractivity contribution in [2.75, 3.05) is 4.90 Å². The molecule has 0 amide bonds. The molecule has 0 N–H and O–H groups in total. The maximum absolute atomic E-state index is 3.53. The Hall–Kier alpha value is -3.76. The van der Waals surface area contributed by atoms with E-state index >= 15 is 0 Å². The summed E-state index contributed by atoms with van der Waals surface area (Å²) in [5.74, 6) is 6.72. The second kappa shape index (κ2) is 7.74. The van der Waals surface area contributed by atoms with Crippen LogP contribution in [0.5, 0.6) is 0 Å². The summed E-state index contributed by atoms with van der Waals surface area (Å²) in [7, 11) is 0. The standard InChI is InChI=1S/C31H27N/c1-5-20-31(4)29-9-7-6-8-27(29)28-19-18-26(21-30(28)31)32(24-14-10-22(2)11-15-24)25-16-12-23(3)13-17-25/h6-19,21H,1-4H3. The fourth-order valence-corrected chi connectivity index (χ4v) is 4.84. The van der Waals surface area contributed by atoms with Gasteiger partial charge >= 0.3 is 0 Å². The number of hydrogen-bond donors (Lipinski definition) is 0. The van der Waals surface area contributed by atoms with Crippen LogP contribution in [0.15, 0.2) is 91.0 Å². The first-order valence-electron chi connectivity index (χ1n) is 11.1. The highest BCUT2D eigenvalue weighted by Crippen LogP contribution is 2.50. The molecule has 1 heteroatoms. The van der Waals surface area contributed by atoms with Crippen LogP contribution in [0.1, 0.15) is 36.1 Å². The molecule has 0 aliphatic heterocycles. The van der Waals surface area contributed by atoms with Crippen LogP contribution < -0.4 is 4.90 Å². The zero-order valence-electron chi connectivity index (χ0n) is 19.1. The average Bonchev–Trinajstić information content (AvgIpc) is 3.05. The second-order valence-electron chi connectivity index (χ2n) is 8.78. The van der Waals surface area contributed by atoms with E-state index in [2.05, 4.69) is 129 Å². The van der Waals surface area contributed by atoms with E-state index in [0.29, 0.717) is 0 Å². The summed E-state index contributed by atoms with van der Waals surface area (Å²) in [6, 6.07) is 33.0. The number of rotatable bonds is 3. The normalized spacial score (nSPS) is 16.0. The van der Waals surface area contributed by atoms with Gasteiger partial charge in [-0.25, -0.2) is 0 Å². The van der Waals surface area contributed by atoms with Crippen LogP contribution in [0.2, 0.25) is 0 Å². The summed E-state index contributed by atoms with van der Waals surface area (Å²) in [5, 5.41) is 0. The molecule has 1 aliphatic rings. The quantitative estimate of drug-likeness (QED) is 0.307. The van der Waals surface area contributed by atoms with Crippen LogP contribution in [-0.4, -0.2) is 0 Å². The van der Waals surface area contributed by atoms with Gasteiger partial charge in [-0.3, -0.25) is 0 Å². The lowest BCUT2D eigenvalue weighted by Gasteiger charge is -2.28. The maximum Gasteiger partial charge on any atom is 0.0796 e. The van der Waals surface area contributed by atoms with E-state index in [1.807, 2.05) is 6.92 Å². The van der Waals surface area contributed by atoms with Crippen molar-refractivity contribution in [1.29, 1.82) is 0 Å². The molecule has 4 aromatic rings. The minimum Gasteiger partial charge on any atom is -0.310 e. The Kier molecular flexibility index (Phi) is 4.87. The molecule has 0 heterocycles. The Labute approximate surface area is 191 Å². The molecule has 0 aromatic heterocycles. The zero-order valence-corrected chi connectivity index (χ0v) is 19.1. The lowest BCUT2D eigenvalue weighted by Crippen LogP contribution is -2.19. The van der Waals surface area contributed by atoms with E-state index < -0.39 is 0 Å². The van der Waals surface area contributed by atoms with Crippen LogP contribution in [0.4, 0.5) is 17.1 Å². The van der Waals surface area contributed by atoms with Crippen LogP contribution in [0, 0.1) is 25.7 Å². The Morgan fingerprint density at radius 3 is 1.75 bits per heavy atom. The Balaban J connectivity index is 1.72. The van der Waals surface area contributed by atoms with Crippen molar-refractivity contribution in [1.82, 2.24) is 0 Å². The first-order chi connectivity index (χ1) is 15.5. The lowest BCUT2D eigenvalue weighted by atomic mass is 9.80. The van der Waals surface area contributed by atoms with Crippen molar-refractivity contribution in [3.05, 3.63) is 113 Å². The fourth-order valence-electron chi connectivity index (χ4n) is 4.84. The molecule has 1 aliphatic carbocycles. The number of fused-ring (bicyclic) bond motifs is 3. The second-order valence-corrected chi connectivity index (χ2v) is 8.78. The number of nitrogens with zero attached hydrogens (tertiary/aromatic N) is 1. The topological polar surface area (TPSA) is 3.24 Å². The molecule has 0 saturated heterocycles. The molecule has 0 fully saturated rings. The fraction of sp³-hybridized carbons (Fsp3) is 0.161. The van der Waals surface area contributed by atoms with Gasteiger partial charge in [0, 0.05) is 17.1 Å². The summed E-state index contributed by atoms with van der Waals surface area (Å²) in [5.41, 5.74) is 10.8. The molecule has 32 heavy (non-hydrogen) atoms. The van der Waals surface area contributed by atoms with Gasteiger partial charge in [0.15, 0.2) is 0 Å². The molecule has 1 nitrogen and oxygen atoms in total. The van der Waals surface area contributed by atoms with Gasteiger partial charge < -0.3 is 4.90 Å². The molecule has 1 unspecified atom stereocenters. The van der Waals surface area contributed by atoms with Crippen LogP contribution >= 0.6 is 0 Å². The Morgan fingerprint density at radius 2 is 1.16 bits per heavy atom. The third-order valence-corrected chi connectivity index (χ3v) is 6.52. The zero-order chi connectivity index (χ0) is 22.3. The van der Waals surface area contributed by atoms with E-state index in [-0.39, 0.29) is 5.41 Å². The van der Waals surface area contributed by atoms with Crippen LogP contribution in [0.25, 0.3) is 11.1 Å². The number of hydrogen-bond acceptors (Lipinski definition) is 1. The summed E-state index contributed by atoms with van der Waals surface area (Å²) < 4.78 is 0. The van der Waals surface area contributed by atoms with Gasteiger partial charge in [-0.2, -0.15) is 0 Å². The lowest BCUT2D eigenvalue weighted by molar-refractivity contribution is 0.778. The molecule has 0 bridgehead atoms. The minimum absolute atomic E-state index is 0.317. The third-order valence-electron chi connectivity index (χ3n) is 6.52. The molecule has 4 aromatic carbocycles. The van der Waals surface area contributed by atoms with Gasteiger partial charge in [0.25, 0.3) is 0 Å². The van der Waals surface area contributed by atoms with Crippen molar-refractivity contribution in [2.45, 2.75) is 33.1 Å². The third kappa shape index (κ3) is 3.20. The average molecular weight is 414 g/mol. The van der Waals surface area contributed by atoms with Crippen molar-refractivity contribution >= 4 is 17.1 Å². The maximum atomic E-state index is 3.53. The van der Waals surface area contributed by atoms with E-state index in [9.17, 15) is 0 Å². The van der Waals surface area contributed by atoms with Crippen molar-refractivity contribution in [3.63, 3.8) is 0 Å². The van der Waals surface area contributed by atoms with E-state index in [1.54, 1.807) is 0 Å². The smallest absolute Gasteiger partial charge is 0.0796 e. The first-order valence-corrected chi connectivity index (χ1v) is 11.1. The highest BCUT2D eigenvalue weighted by Gasteiger charge is 2.38. The summed E-state index contributed by atoms with van der Waals surface area (Å²) in [6.45, 7) is 8.43. The monoisotopic (exact) mass is 413 g/mol.